The number of amides is 2. The summed E-state index contributed by atoms with van der Waals surface area (Å²) in [6.45, 7) is 0.477. The highest BCUT2D eigenvalue weighted by Gasteiger charge is 2.30. The molecule has 140 valence electrons. The predicted molar refractivity (Wildman–Crippen MR) is 97.0 cm³/mol. The van der Waals surface area contributed by atoms with Crippen LogP contribution in [0.2, 0.25) is 0 Å². The summed E-state index contributed by atoms with van der Waals surface area (Å²) in [5, 5.41) is 19.1. The van der Waals surface area contributed by atoms with Crippen molar-refractivity contribution in [3.05, 3.63) is 64.0 Å². The Morgan fingerprint density at radius 2 is 2.04 bits per heavy atom. The number of nitrogens with one attached hydrogen (secondary N) is 3. The predicted octanol–water partition coefficient (Wildman–Crippen LogP) is 2.39. The van der Waals surface area contributed by atoms with Crippen molar-refractivity contribution >= 4 is 28.9 Å². The van der Waals surface area contributed by atoms with E-state index in [0.29, 0.717) is 16.9 Å². The molecule has 0 saturated carbocycles. The Hall–Kier alpha value is -3.49. The molecule has 0 radical (unpaired) electrons. The Morgan fingerprint density at radius 1 is 1.26 bits per heavy atom. The first-order valence-corrected chi connectivity index (χ1v) is 8.30. The fraction of sp³-hybridized carbons (Fsp3) is 0.222. The van der Waals surface area contributed by atoms with E-state index in [4.69, 9.17) is 0 Å². The van der Waals surface area contributed by atoms with Crippen molar-refractivity contribution in [3.63, 3.8) is 0 Å². The summed E-state index contributed by atoms with van der Waals surface area (Å²) < 4.78 is 13.3. The van der Waals surface area contributed by atoms with E-state index in [1.807, 2.05) is 0 Å². The zero-order chi connectivity index (χ0) is 19.4. The van der Waals surface area contributed by atoms with Gasteiger partial charge in [0.15, 0.2) is 0 Å². The number of para-hydroxylation sites is 2. The Morgan fingerprint density at radius 3 is 2.81 bits per heavy atom. The maximum Gasteiger partial charge on any atom is 0.292 e. The molecule has 2 aromatic rings. The number of carbonyl (C=O) groups is 2. The summed E-state index contributed by atoms with van der Waals surface area (Å²) in [5.74, 6) is -1.92. The van der Waals surface area contributed by atoms with E-state index in [0.717, 1.165) is 0 Å². The molecule has 1 atom stereocenters. The molecular formula is C18H17FN4O4. The van der Waals surface area contributed by atoms with Crippen molar-refractivity contribution in [2.24, 2.45) is 0 Å². The SMILES string of the molecule is O=C1C[C@@H](C(=O)NCCNc2ccccc2[N+](=O)[O-])c2ccc(F)cc2N1. The molecule has 0 fully saturated rings. The number of anilines is 2. The van der Waals surface area contributed by atoms with Crippen LogP contribution in [0.1, 0.15) is 17.9 Å². The van der Waals surface area contributed by atoms with Crippen molar-refractivity contribution in [1.29, 1.82) is 0 Å². The van der Waals surface area contributed by atoms with Crippen molar-refractivity contribution in [3.8, 4) is 0 Å². The van der Waals surface area contributed by atoms with Crippen molar-refractivity contribution < 1.29 is 18.9 Å². The monoisotopic (exact) mass is 372 g/mol. The maximum absolute atomic E-state index is 13.3. The Labute approximate surface area is 153 Å². The van der Waals surface area contributed by atoms with Gasteiger partial charge in [0.05, 0.1) is 10.8 Å². The fourth-order valence-corrected chi connectivity index (χ4v) is 2.96. The van der Waals surface area contributed by atoms with E-state index in [9.17, 15) is 24.1 Å². The molecule has 1 aliphatic heterocycles. The second-order valence-electron chi connectivity index (χ2n) is 6.03. The average molecular weight is 372 g/mol. The summed E-state index contributed by atoms with van der Waals surface area (Å²) in [7, 11) is 0. The maximum atomic E-state index is 13.3. The average Bonchev–Trinajstić information content (AvgIpc) is 2.64. The van der Waals surface area contributed by atoms with Gasteiger partial charge in [-0.25, -0.2) is 4.39 Å². The third kappa shape index (κ3) is 4.20. The number of nitro groups is 1. The summed E-state index contributed by atoms with van der Waals surface area (Å²) in [6.07, 6.45) is -0.0257. The normalized spacial score (nSPS) is 15.4. The Balaban J connectivity index is 1.59. The van der Waals surface area contributed by atoms with Crippen LogP contribution in [0.5, 0.6) is 0 Å². The molecule has 1 aliphatic rings. The second-order valence-corrected chi connectivity index (χ2v) is 6.03. The first-order valence-electron chi connectivity index (χ1n) is 8.30. The molecule has 8 nitrogen and oxygen atoms in total. The molecule has 0 aromatic heterocycles. The smallest absolute Gasteiger partial charge is 0.292 e. The molecule has 9 heteroatoms. The van der Waals surface area contributed by atoms with Crippen molar-refractivity contribution in [2.75, 3.05) is 23.7 Å². The van der Waals surface area contributed by atoms with Gasteiger partial charge in [0.2, 0.25) is 11.8 Å². The summed E-state index contributed by atoms with van der Waals surface area (Å²) in [6, 6.07) is 10.1. The van der Waals surface area contributed by atoms with Crippen molar-refractivity contribution in [2.45, 2.75) is 12.3 Å². The number of hydrogen-bond acceptors (Lipinski definition) is 5. The topological polar surface area (TPSA) is 113 Å². The van der Waals surface area contributed by atoms with Gasteiger partial charge in [-0.05, 0) is 23.8 Å². The first-order chi connectivity index (χ1) is 13.0. The number of halogens is 1. The molecule has 0 unspecified atom stereocenters. The lowest BCUT2D eigenvalue weighted by molar-refractivity contribution is -0.384. The van der Waals surface area contributed by atoms with Crippen LogP contribution >= 0.6 is 0 Å². The third-order valence-electron chi connectivity index (χ3n) is 4.21. The molecule has 2 amide bonds. The minimum atomic E-state index is -0.708. The molecule has 0 spiro atoms. The van der Waals surface area contributed by atoms with Gasteiger partial charge >= 0.3 is 0 Å². The highest BCUT2D eigenvalue weighted by atomic mass is 19.1. The van der Waals surface area contributed by atoms with Gasteiger partial charge in [0, 0.05) is 31.3 Å². The quantitative estimate of drug-likeness (QED) is 0.409. The van der Waals surface area contributed by atoms with E-state index in [1.165, 1.54) is 24.3 Å². The van der Waals surface area contributed by atoms with Crippen LogP contribution in [0.4, 0.5) is 21.5 Å². The van der Waals surface area contributed by atoms with E-state index < -0.39 is 16.7 Å². The second kappa shape index (κ2) is 7.81. The number of carbonyl (C=O) groups excluding carboxylic acids is 2. The van der Waals surface area contributed by atoms with E-state index in [2.05, 4.69) is 16.0 Å². The molecule has 3 rings (SSSR count). The van der Waals surface area contributed by atoms with E-state index >= 15 is 0 Å². The molecule has 27 heavy (non-hydrogen) atoms. The van der Waals surface area contributed by atoms with Gasteiger partial charge in [-0.1, -0.05) is 18.2 Å². The standard InChI is InChI=1S/C18H17FN4O4/c19-11-5-6-12-13(10-17(24)22-15(12)9-11)18(25)21-8-7-20-14-3-1-2-4-16(14)23(26)27/h1-6,9,13,20H,7-8,10H2,(H,21,25)(H,22,24)/t13-/m1/s1. The molecule has 0 saturated heterocycles. The van der Waals surface area contributed by atoms with E-state index in [1.54, 1.807) is 18.2 Å². The molecule has 0 bridgehead atoms. The largest absolute Gasteiger partial charge is 0.378 e. The zero-order valence-corrected chi connectivity index (χ0v) is 14.2. The molecule has 0 aliphatic carbocycles. The van der Waals surface area contributed by atoms with Crippen LogP contribution in [0, 0.1) is 15.9 Å². The number of nitro benzene ring substituents is 1. The fourth-order valence-electron chi connectivity index (χ4n) is 2.96. The van der Waals surface area contributed by atoms with Crippen LogP contribution in [0.15, 0.2) is 42.5 Å². The first kappa shape index (κ1) is 18.3. The lowest BCUT2D eigenvalue weighted by atomic mass is 9.89. The van der Waals surface area contributed by atoms with Gasteiger partial charge in [0.25, 0.3) is 5.69 Å². The van der Waals surface area contributed by atoms with Gasteiger partial charge in [-0.3, -0.25) is 19.7 Å². The summed E-state index contributed by atoms with van der Waals surface area (Å²) >= 11 is 0. The van der Waals surface area contributed by atoms with Crippen LogP contribution in [0.25, 0.3) is 0 Å². The highest BCUT2D eigenvalue weighted by molar-refractivity contribution is 6.01. The van der Waals surface area contributed by atoms with Crippen molar-refractivity contribution in [1.82, 2.24) is 5.32 Å². The van der Waals surface area contributed by atoms with Gasteiger partial charge in [0.1, 0.15) is 11.5 Å². The highest BCUT2D eigenvalue weighted by Crippen LogP contribution is 2.32. The summed E-state index contributed by atoms with van der Waals surface area (Å²) in [5.41, 5.74) is 1.16. The van der Waals surface area contributed by atoms with Gasteiger partial charge in [-0.15, -0.1) is 0 Å². The summed E-state index contributed by atoms with van der Waals surface area (Å²) in [4.78, 5) is 34.7. The van der Waals surface area contributed by atoms with Crippen LogP contribution < -0.4 is 16.0 Å². The Kier molecular flexibility index (Phi) is 5.30. The van der Waals surface area contributed by atoms with Gasteiger partial charge in [-0.2, -0.15) is 0 Å². The third-order valence-corrected chi connectivity index (χ3v) is 4.21. The lowest BCUT2D eigenvalue weighted by Crippen LogP contribution is -2.37. The number of nitrogens with zero attached hydrogens (tertiary/aromatic N) is 1. The van der Waals surface area contributed by atoms with Crippen LogP contribution in [-0.2, 0) is 9.59 Å². The van der Waals surface area contributed by atoms with Crippen LogP contribution in [0.3, 0.4) is 0 Å². The number of rotatable bonds is 6. The molecule has 1 heterocycles. The zero-order valence-electron chi connectivity index (χ0n) is 14.2. The molecule has 3 N–H and O–H groups in total. The van der Waals surface area contributed by atoms with Gasteiger partial charge < -0.3 is 16.0 Å². The molecular weight excluding hydrogens is 355 g/mol. The minimum Gasteiger partial charge on any atom is -0.378 e. The minimum absolute atomic E-state index is 0.0257. The lowest BCUT2D eigenvalue weighted by Gasteiger charge is -2.25. The number of benzene rings is 2. The molecule has 2 aromatic carbocycles. The Bertz CT molecular complexity index is 903. The number of hydrogen-bond donors (Lipinski definition) is 3. The van der Waals surface area contributed by atoms with E-state index in [-0.39, 0.29) is 37.0 Å². The number of fused-ring (bicyclic) bond motifs is 1. The van der Waals surface area contributed by atoms with Crippen LogP contribution in [-0.4, -0.2) is 29.8 Å².